The van der Waals surface area contributed by atoms with E-state index in [-0.39, 0.29) is 5.41 Å². The molecule has 0 radical (unpaired) electrons. The molecular weight excluding hydrogens is 366 g/mol. The first kappa shape index (κ1) is 19.2. The van der Waals surface area contributed by atoms with Gasteiger partial charge in [-0.05, 0) is 30.0 Å². The van der Waals surface area contributed by atoms with Gasteiger partial charge in [0.15, 0.2) is 5.96 Å². The molecule has 0 amide bonds. The topological polar surface area (TPSA) is 44.7 Å². The molecule has 1 aliphatic carbocycles. The Morgan fingerprint density at radius 1 is 1.11 bits per heavy atom. The van der Waals surface area contributed by atoms with Crippen LogP contribution in [0, 0.1) is 0 Å². The van der Waals surface area contributed by atoms with Crippen LogP contribution in [0.1, 0.15) is 36.8 Å². The standard InChI is InChI=1S/C23H29N3OS/c1-24-22(25-15-16-28(27)17-19-9-3-2-4-10-19)26-18-23(13-7-8-14-23)20-11-5-6-12-21(20)26/h2-6,9-12H,7-8,13-18H2,1H3,(H,24,25). The lowest BCUT2D eigenvalue weighted by Gasteiger charge is -2.26. The lowest BCUT2D eigenvalue weighted by Crippen LogP contribution is -2.44. The third-order valence-corrected chi connectivity index (χ3v) is 7.35. The first-order valence-corrected chi connectivity index (χ1v) is 11.7. The van der Waals surface area contributed by atoms with Crippen LogP contribution < -0.4 is 10.2 Å². The van der Waals surface area contributed by atoms with Crippen LogP contribution in [0.15, 0.2) is 59.6 Å². The molecule has 1 spiro atoms. The fourth-order valence-corrected chi connectivity index (χ4v) is 5.74. The van der Waals surface area contributed by atoms with Crippen molar-refractivity contribution in [2.24, 2.45) is 4.99 Å². The lowest BCUT2D eigenvalue weighted by molar-refractivity contribution is 0.478. The van der Waals surface area contributed by atoms with E-state index in [1.165, 1.54) is 36.9 Å². The monoisotopic (exact) mass is 395 g/mol. The summed E-state index contributed by atoms with van der Waals surface area (Å²) in [5.74, 6) is 2.12. The van der Waals surface area contributed by atoms with E-state index in [1.54, 1.807) is 0 Å². The predicted octanol–water partition coefficient (Wildman–Crippen LogP) is 3.84. The Morgan fingerprint density at radius 3 is 2.57 bits per heavy atom. The van der Waals surface area contributed by atoms with Crippen LogP contribution in [-0.2, 0) is 22.0 Å². The van der Waals surface area contributed by atoms with Crippen LogP contribution in [0.2, 0.25) is 0 Å². The summed E-state index contributed by atoms with van der Waals surface area (Å²) in [6, 6.07) is 18.8. The second-order valence-corrected chi connectivity index (χ2v) is 9.42. The molecule has 0 aromatic heterocycles. The molecule has 2 aromatic rings. The summed E-state index contributed by atoms with van der Waals surface area (Å²) in [6.45, 7) is 1.66. The first-order chi connectivity index (χ1) is 13.7. The zero-order valence-corrected chi connectivity index (χ0v) is 17.4. The van der Waals surface area contributed by atoms with E-state index in [0.29, 0.717) is 18.1 Å². The zero-order chi connectivity index (χ0) is 19.4. The summed E-state index contributed by atoms with van der Waals surface area (Å²) >= 11 is 0. The van der Waals surface area contributed by atoms with E-state index < -0.39 is 10.8 Å². The van der Waals surface area contributed by atoms with Crippen molar-refractivity contribution in [3.05, 3.63) is 65.7 Å². The molecule has 4 nitrogen and oxygen atoms in total. The number of hydrogen-bond donors (Lipinski definition) is 1. The molecule has 1 unspecified atom stereocenters. The molecule has 1 saturated carbocycles. The van der Waals surface area contributed by atoms with Crippen molar-refractivity contribution in [3.8, 4) is 0 Å². The number of nitrogens with zero attached hydrogens (tertiary/aromatic N) is 2. The van der Waals surface area contributed by atoms with Crippen molar-refractivity contribution in [2.75, 3.05) is 30.8 Å². The van der Waals surface area contributed by atoms with Crippen molar-refractivity contribution in [1.29, 1.82) is 0 Å². The van der Waals surface area contributed by atoms with Gasteiger partial charge in [-0.2, -0.15) is 0 Å². The van der Waals surface area contributed by atoms with Gasteiger partial charge < -0.3 is 10.2 Å². The summed E-state index contributed by atoms with van der Waals surface area (Å²) in [5, 5.41) is 3.46. The third kappa shape index (κ3) is 3.86. The Morgan fingerprint density at radius 2 is 1.82 bits per heavy atom. The van der Waals surface area contributed by atoms with Gasteiger partial charge in [0.05, 0.1) is 0 Å². The Balaban J connectivity index is 1.39. The smallest absolute Gasteiger partial charge is 0.198 e. The van der Waals surface area contributed by atoms with Crippen LogP contribution >= 0.6 is 0 Å². The lowest BCUT2D eigenvalue weighted by atomic mass is 9.81. The molecule has 1 fully saturated rings. The SMILES string of the molecule is CN=C(NCCS(=O)Cc1ccccc1)N1CC2(CCCC2)c2ccccc21. The highest BCUT2D eigenvalue weighted by Crippen LogP contribution is 2.50. The number of guanidine groups is 1. The molecule has 2 aromatic carbocycles. The van der Waals surface area contributed by atoms with E-state index in [0.717, 1.165) is 18.1 Å². The number of benzene rings is 2. The van der Waals surface area contributed by atoms with Gasteiger partial charge in [0.1, 0.15) is 0 Å². The van der Waals surface area contributed by atoms with E-state index in [1.807, 2.05) is 37.4 Å². The van der Waals surface area contributed by atoms with Crippen molar-refractivity contribution in [3.63, 3.8) is 0 Å². The largest absolute Gasteiger partial charge is 0.355 e. The molecule has 5 heteroatoms. The van der Waals surface area contributed by atoms with Crippen LogP contribution in [-0.4, -0.2) is 36.1 Å². The molecule has 1 heterocycles. The number of anilines is 1. The number of aliphatic imine (C=N–C) groups is 1. The minimum absolute atomic E-state index is 0.282. The van der Waals surface area contributed by atoms with E-state index in [4.69, 9.17) is 0 Å². The Kier molecular flexibility index (Phi) is 5.81. The third-order valence-electron chi connectivity index (χ3n) is 6.04. The summed E-state index contributed by atoms with van der Waals surface area (Å²) in [5.41, 5.74) is 4.16. The first-order valence-electron chi connectivity index (χ1n) is 10.2. The molecule has 28 heavy (non-hydrogen) atoms. The maximum absolute atomic E-state index is 12.4. The van der Waals surface area contributed by atoms with Gasteiger partial charge in [0.2, 0.25) is 0 Å². The number of fused-ring (bicyclic) bond motifs is 2. The average Bonchev–Trinajstić information content (AvgIpc) is 3.32. The fraction of sp³-hybridized carbons (Fsp3) is 0.435. The van der Waals surface area contributed by atoms with E-state index in [9.17, 15) is 4.21 Å². The van der Waals surface area contributed by atoms with Crippen molar-refractivity contribution >= 4 is 22.4 Å². The summed E-state index contributed by atoms with van der Waals surface area (Å²) in [7, 11) is 0.958. The van der Waals surface area contributed by atoms with Crippen LogP contribution in [0.5, 0.6) is 0 Å². The molecule has 1 N–H and O–H groups in total. The second kappa shape index (κ2) is 8.48. The average molecular weight is 396 g/mol. The normalized spacial score (nSPS) is 19.0. The van der Waals surface area contributed by atoms with Gasteiger partial charge in [-0.3, -0.25) is 9.20 Å². The number of hydrogen-bond acceptors (Lipinski definition) is 2. The minimum Gasteiger partial charge on any atom is -0.355 e. The van der Waals surface area contributed by atoms with E-state index in [2.05, 4.69) is 39.5 Å². The number of rotatable bonds is 5. The van der Waals surface area contributed by atoms with Gasteiger partial charge in [-0.1, -0.05) is 61.4 Å². The predicted molar refractivity (Wildman–Crippen MR) is 118 cm³/mol. The van der Waals surface area contributed by atoms with Gasteiger partial charge in [0, 0.05) is 53.5 Å². The van der Waals surface area contributed by atoms with E-state index >= 15 is 0 Å². The molecule has 0 bridgehead atoms. The van der Waals surface area contributed by atoms with Crippen LogP contribution in [0.4, 0.5) is 5.69 Å². The summed E-state index contributed by atoms with van der Waals surface area (Å²) < 4.78 is 12.4. The molecular formula is C23H29N3OS. The van der Waals surface area contributed by atoms with Crippen molar-refractivity contribution < 1.29 is 4.21 Å². The van der Waals surface area contributed by atoms with Gasteiger partial charge in [-0.15, -0.1) is 0 Å². The Bertz CT molecular complexity index is 859. The van der Waals surface area contributed by atoms with Gasteiger partial charge in [0.25, 0.3) is 0 Å². The van der Waals surface area contributed by atoms with Crippen LogP contribution in [0.25, 0.3) is 0 Å². The fourth-order valence-electron chi connectivity index (χ4n) is 4.70. The van der Waals surface area contributed by atoms with Gasteiger partial charge >= 0.3 is 0 Å². The van der Waals surface area contributed by atoms with Crippen molar-refractivity contribution in [2.45, 2.75) is 36.9 Å². The maximum atomic E-state index is 12.4. The molecule has 4 rings (SSSR count). The molecule has 148 valence electrons. The Hall–Kier alpha value is -2.14. The number of para-hydroxylation sites is 1. The van der Waals surface area contributed by atoms with Gasteiger partial charge in [-0.25, -0.2) is 0 Å². The van der Waals surface area contributed by atoms with Crippen molar-refractivity contribution in [1.82, 2.24) is 5.32 Å². The molecule has 1 aliphatic heterocycles. The number of nitrogens with one attached hydrogen (secondary N) is 1. The highest BCUT2D eigenvalue weighted by atomic mass is 32.2. The zero-order valence-electron chi connectivity index (χ0n) is 16.6. The maximum Gasteiger partial charge on any atom is 0.198 e. The highest BCUT2D eigenvalue weighted by Gasteiger charge is 2.45. The molecule has 0 saturated heterocycles. The molecule has 2 aliphatic rings. The van der Waals surface area contributed by atoms with Crippen LogP contribution in [0.3, 0.4) is 0 Å². The second-order valence-electron chi connectivity index (χ2n) is 7.84. The quantitative estimate of drug-likeness (QED) is 0.618. The summed E-state index contributed by atoms with van der Waals surface area (Å²) in [6.07, 6.45) is 5.15. The minimum atomic E-state index is -0.881. The highest BCUT2D eigenvalue weighted by molar-refractivity contribution is 7.84. The Labute approximate surface area is 170 Å². The summed E-state index contributed by atoms with van der Waals surface area (Å²) in [4.78, 5) is 6.87. The molecule has 1 atom stereocenters.